The van der Waals surface area contributed by atoms with Crippen LogP contribution in [0.1, 0.15) is 37.9 Å². The number of hydrogen-bond donors (Lipinski definition) is 2. The quantitative estimate of drug-likeness (QED) is 0.169. The highest BCUT2D eigenvalue weighted by atomic mass is 19.1. The van der Waals surface area contributed by atoms with Crippen LogP contribution in [0.3, 0.4) is 0 Å². The fraction of sp³-hybridized carbons (Fsp3) is 0.364. The molecule has 164 valence electrons. The molecule has 0 amide bonds. The first kappa shape index (κ1) is 22.2. The summed E-state index contributed by atoms with van der Waals surface area (Å²) in [4.78, 5) is 29.5. The van der Waals surface area contributed by atoms with Crippen molar-refractivity contribution >= 4 is 24.0 Å². The van der Waals surface area contributed by atoms with Gasteiger partial charge in [-0.2, -0.15) is 0 Å². The molecule has 0 aliphatic heterocycles. The van der Waals surface area contributed by atoms with Crippen LogP contribution in [0.5, 0.6) is 0 Å². The summed E-state index contributed by atoms with van der Waals surface area (Å²) in [6.07, 6.45) is 6.56. The maximum absolute atomic E-state index is 13.4. The number of amidine groups is 1. The fourth-order valence-electron chi connectivity index (χ4n) is 3.58. The molecule has 1 aromatic carbocycles. The van der Waals surface area contributed by atoms with Gasteiger partial charge in [0, 0.05) is 18.8 Å². The van der Waals surface area contributed by atoms with E-state index in [0.29, 0.717) is 54.2 Å². The van der Waals surface area contributed by atoms with Crippen LogP contribution < -0.4 is 21.9 Å². The number of methoxy groups -OCH3 is 1. The van der Waals surface area contributed by atoms with Crippen LogP contribution in [0.15, 0.2) is 34.2 Å². The van der Waals surface area contributed by atoms with E-state index in [9.17, 15) is 14.0 Å². The Morgan fingerprint density at radius 2 is 2.10 bits per heavy atom. The highest BCUT2D eigenvalue weighted by Crippen LogP contribution is 2.13. The van der Waals surface area contributed by atoms with Crippen LogP contribution in [-0.4, -0.2) is 33.7 Å². The molecular formula is C22H25FN4O4. The number of esters is 1. The third-order valence-corrected chi connectivity index (χ3v) is 5.24. The van der Waals surface area contributed by atoms with Gasteiger partial charge in [0.2, 0.25) is 0 Å². The van der Waals surface area contributed by atoms with Crippen molar-refractivity contribution in [3.63, 3.8) is 0 Å². The first-order valence-corrected chi connectivity index (χ1v) is 10.1. The molecule has 1 aliphatic carbocycles. The van der Waals surface area contributed by atoms with E-state index in [-0.39, 0.29) is 29.7 Å². The normalized spacial score (nSPS) is 15.9. The van der Waals surface area contributed by atoms with Crippen LogP contribution in [0.25, 0.3) is 17.8 Å². The second kappa shape index (κ2) is 10.0. The predicted octanol–water partition coefficient (Wildman–Crippen LogP) is 0.975. The molecule has 0 saturated heterocycles. The van der Waals surface area contributed by atoms with Crippen molar-refractivity contribution in [3.05, 3.63) is 56.8 Å². The van der Waals surface area contributed by atoms with Gasteiger partial charge < -0.3 is 15.7 Å². The third-order valence-electron chi connectivity index (χ3n) is 5.24. The van der Waals surface area contributed by atoms with Gasteiger partial charge in [-0.3, -0.25) is 14.2 Å². The van der Waals surface area contributed by atoms with E-state index in [1.54, 1.807) is 12.2 Å². The van der Waals surface area contributed by atoms with Gasteiger partial charge in [0.1, 0.15) is 17.5 Å². The summed E-state index contributed by atoms with van der Waals surface area (Å²) in [6.45, 7) is 0. The summed E-state index contributed by atoms with van der Waals surface area (Å²) >= 11 is 0. The smallest absolute Gasteiger partial charge is 0.305 e. The summed E-state index contributed by atoms with van der Waals surface area (Å²) in [6, 6.07) is 5.64. The van der Waals surface area contributed by atoms with Crippen molar-refractivity contribution in [2.24, 2.45) is 16.8 Å². The Labute approximate surface area is 178 Å². The van der Waals surface area contributed by atoms with E-state index in [4.69, 9.17) is 15.9 Å². The van der Waals surface area contributed by atoms with Crippen molar-refractivity contribution < 1.29 is 19.1 Å². The molecule has 0 radical (unpaired) electrons. The molecule has 2 aromatic rings. The lowest BCUT2D eigenvalue weighted by Gasteiger charge is -2.13. The number of nitrogens with two attached hydrogens (primary N) is 1. The Bertz CT molecular complexity index is 1160. The van der Waals surface area contributed by atoms with Crippen LogP contribution in [0.2, 0.25) is 0 Å². The van der Waals surface area contributed by atoms with Gasteiger partial charge in [-0.05, 0) is 56.0 Å². The molecule has 1 heterocycles. The number of unbranched alkanes of at least 4 members (excludes halogenated alkanes) is 1. The monoisotopic (exact) mass is 428 g/mol. The molecule has 8 nitrogen and oxygen atoms in total. The molecule has 1 unspecified atom stereocenters. The minimum Gasteiger partial charge on any atom is -0.469 e. The van der Waals surface area contributed by atoms with Crippen molar-refractivity contribution in [1.29, 1.82) is 0 Å². The van der Waals surface area contributed by atoms with E-state index in [0.717, 1.165) is 0 Å². The lowest BCUT2D eigenvalue weighted by molar-refractivity contribution is -0.140. The number of oxime groups is 1. The largest absolute Gasteiger partial charge is 0.469 e. The Morgan fingerprint density at radius 1 is 1.35 bits per heavy atom. The SMILES string of the molecule is COC(=O)CCCCc1nc2c(c(=O)n1-c1ccc(F)cc1)=CCCC(C(N)=NO)C=2. The molecule has 1 atom stereocenters. The van der Waals surface area contributed by atoms with Crippen molar-refractivity contribution in [2.45, 2.75) is 38.5 Å². The van der Waals surface area contributed by atoms with Crippen LogP contribution >= 0.6 is 0 Å². The average molecular weight is 428 g/mol. The lowest BCUT2D eigenvalue weighted by atomic mass is 10.0. The molecule has 3 N–H and O–H groups in total. The summed E-state index contributed by atoms with van der Waals surface area (Å²) in [5.74, 6) is -0.491. The second-order valence-electron chi connectivity index (χ2n) is 7.31. The topological polar surface area (TPSA) is 120 Å². The number of benzene rings is 1. The Hall–Kier alpha value is -3.49. The maximum atomic E-state index is 13.4. The zero-order valence-electron chi connectivity index (χ0n) is 17.3. The van der Waals surface area contributed by atoms with E-state index < -0.39 is 5.82 Å². The number of halogens is 1. The van der Waals surface area contributed by atoms with Crippen molar-refractivity contribution in [1.82, 2.24) is 9.55 Å². The molecule has 9 heteroatoms. The molecular weight excluding hydrogens is 403 g/mol. The predicted molar refractivity (Wildman–Crippen MR) is 114 cm³/mol. The van der Waals surface area contributed by atoms with Crippen LogP contribution in [0.4, 0.5) is 4.39 Å². The third kappa shape index (κ3) is 5.17. The van der Waals surface area contributed by atoms with Crippen molar-refractivity contribution in [3.8, 4) is 5.69 Å². The number of aromatic nitrogens is 2. The Kier molecular flexibility index (Phi) is 7.17. The van der Waals surface area contributed by atoms with Crippen molar-refractivity contribution in [2.75, 3.05) is 7.11 Å². The number of rotatable bonds is 7. The minimum absolute atomic E-state index is 0.0605. The van der Waals surface area contributed by atoms with Gasteiger partial charge in [0.05, 0.1) is 23.4 Å². The molecule has 0 saturated carbocycles. The number of fused-ring (bicyclic) bond motifs is 1. The van der Waals surface area contributed by atoms with Gasteiger partial charge >= 0.3 is 5.97 Å². The van der Waals surface area contributed by atoms with Gasteiger partial charge in [-0.1, -0.05) is 11.2 Å². The molecule has 0 fully saturated rings. The van der Waals surface area contributed by atoms with Gasteiger partial charge in [0.25, 0.3) is 5.56 Å². The van der Waals surface area contributed by atoms with E-state index >= 15 is 0 Å². The standard InChI is InChI=1S/C22H25FN4O4/c1-31-20(28)8-3-2-7-19-25-18-13-14(21(24)26-30)5-4-6-17(18)22(29)27(19)16-11-9-15(23)10-12-16/h6,9-14,30H,2-5,7-8H2,1H3,(H2,24,26). The van der Waals surface area contributed by atoms with Crippen LogP contribution in [0, 0.1) is 11.7 Å². The highest BCUT2D eigenvalue weighted by Gasteiger charge is 2.17. The zero-order valence-corrected chi connectivity index (χ0v) is 17.3. The van der Waals surface area contributed by atoms with Gasteiger partial charge in [-0.15, -0.1) is 0 Å². The zero-order chi connectivity index (χ0) is 22.4. The first-order valence-electron chi connectivity index (χ1n) is 10.1. The number of ether oxygens (including phenoxy) is 1. The van der Waals surface area contributed by atoms with Gasteiger partial charge in [-0.25, -0.2) is 9.37 Å². The minimum atomic E-state index is -0.402. The lowest BCUT2D eigenvalue weighted by Crippen LogP contribution is -2.48. The number of hydrogen-bond acceptors (Lipinski definition) is 6. The summed E-state index contributed by atoms with van der Waals surface area (Å²) < 4.78 is 19.6. The fourth-order valence-corrected chi connectivity index (χ4v) is 3.58. The molecule has 0 bridgehead atoms. The van der Waals surface area contributed by atoms with Gasteiger partial charge in [0.15, 0.2) is 0 Å². The summed E-state index contributed by atoms with van der Waals surface area (Å²) in [7, 11) is 1.34. The Balaban J connectivity index is 2.10. The summed E-state index contributed by atoms with van der Waals surface area (Å²) in [5, 5.41) is 13.0. The van der Waals surface area contributed by atoms with Crippen LogP contribution in [-0.2, 0) is 16.0 Å². The number of nitrogens with zero attached hydrogens (tertiary/aromatic N) is 3. The Morgan fingerprint density at radius 3 is 2.77 bits per heavy atom. The number of aryl methyl sites for hydroxylation is 1. The molecule has 0 spiro atoms. The average Bonchev–Trinajstić information content (AvgIpc) is 3.00. The first-order chi connectivity index (χ1) is 14.9. The second-order valence-corrected chi connectivity index (χ2v) is 7.31. The molecule has 1 aromatic heterocycles. The molecule has 1 aliphatic rings. The highest BCUT2D eigenvalue weighted by molar-refractivity contribution is 5.87. The van der Waals surface area contributed by atoms with E-state index in [2.05, 4.69) is 9.89 Å². The summed E-state index contributed by atoms with van der Waals surface area (Å²) in [5.41, 5.74) is 6.03. The van der Waals surface area contributed by atoms with E-state index in [1.807, 2.05) is 0 Å². The number of carbonyl (C=O) groups excluding carboxylic acids is 1. The number of carbonyl (C=O) groups is 1. The molecule has 3 rings (SSSR count). The maximum Gasteiger partial charge on any atom is 0.305 e. The molecule has 31 heavy (non-hydrogen) atoms. The van der Waals surface area contributed by atoms with E-state index in [1.165, 1.54) is 35.9 Å².